The number of likely N-dealkylation sites (tertiary alicyclic amines) is 1. The van der Waals surface area contributed by atoms with E-state index >= 15 is 0 Å². The van der Waals surface area contributed by atoms with Gasteiger partial charge in [-0.15, -0.1) is 0 Å². The van der Waals surface area contributed by atoms with E-state index in [-0.39, 0.29) is 11.6 Å². The minimum absolute atomic E-state index is 0.0136. The maximum absolute atomic E-state index is 12.7. The van der Waals surface area contributed by atoms with E-state index in [1.54, 1.807) is 10.7 Å². The van der Waals surface area contributed by atoms with Gasteiger partial charge in [0.15, 0.2) is 0 Å². The number of nitrogens with zero attached hydrogens (tertiary/aromatic N) is 5. The summed E-state index contributed by atoms with van der Waals surface area (Å²) in [4.78, 5) is 17.2. The summed E-state index contributed by atoms with van der Waals surface area (Å²) in [5.41, 5.74) is 3.21. The highest BCUT2D eigenvalue weighted by Gasteiger charge is 2.24. The molecule has 8 nitrogen and oxygen atoms in total. The zero-order valence-electron chi connectivity index (χ0n) is 15.2. The Hall–Kier alpha value is -2.19. The monoisotopic (exact) mass is 358 g/mol. The van der Waals surface area contributed by atoms with Crippen molar-refractivity contribution in [2.24, 2.45) is 0 Å². The van der Waals surface area contributed by atoms with E-state index in [1.807, 2.05) is 19.3 Å². The molecular weight excluding hydrogens is 332 g/mol. The second kappa shape index (κ2) is 7.59. The smallest absolute Gasteiger partial charge is 0.269 e. The highest BCUT2D eigenvalue weighted by atomic mass is 16.5. The van der Waals surface area contributed by atoms with Crippen LogP contribution in [-0.2, 0) is 11.3 Å². The summed E-state index contributed by atoms with van der Waals surface area (Å²) in [5, 5.41) is 11.6. The average molecular weight is 358 g/mol. The molecule has 1 unspecified atom stereocenters. The number of aromatic nitrogens is 4. The maximum Gasteiger partial charge on any atom is 0.269 e. The maximum atomic E-state index is 12.7. The van der Waals surface area contributed by atoms with Crippen molar-refractivity contribution in [3.05, 3.63) is 40.1 Å². The summed E-state index contributed by atoms with van der Waals surface area (Å²) in [6, 6.07) is 1.85. The molecular formula is C18H26N6O2. The van der Waals surface area contributed by atoms with Gasteiger partial charge in [0, 0.05) is 43.5 Å². The third kappa shape index (κ3) is 3.66. The van der Waals surface area contributed by atoms with Gasteiger partial charge in [0.25, 0.3) is 5.56 Å². The van der Waals surface area contributed by atoms with Gasteiger partial charge in [0.1, 0.15) is 0 Å². The molecule has 140 valence electrons. The number of aryl methyl sites for hydroxylation is 1. The molecule has 2 aliphatic rings. The van der Waals surface area contributed by atoms with Gasteiger partial charge in [-0.05, 0) is 26.3 Å². The molecule has 0 aliphatic carbocycles. The number of ether oxygens (including phenoxy) is 1. The summed E-state index contributed by atoms with van der Waals surface area (Å²) in [7, 11) is 0. The molecule has 2 aromatic rings. The van der Waals surface area contributed by atoms with Crippen molar-refractivity contribution in [1.29, 1.82) is 0 Å². The lowest BCUT2D eigenvalue weighted by atomic mass is 10.0. The van der Waals surface area contributed by atoms with Crippen LogP contribution in [0, 0.1) is 6.92 Å². The van der Waals surface area contributed by atoms with Gasteiger partial charge in [-0.1, -0.05) is 0 Å². The van der Waals surface area contributed by atoms with E-state index in [0.29, 0.717) is 13.2 Å². The molecule has 2 aromatic heterocycles. The van der Waals surface area contributed by atoms with Crippen LogP contribution in [0.15, 0.2) is 23.3 Å². The Labute approximate surface area is 152 Å². The van der Waals surface area contributed by atoms with Gasteiger partial charge in [-0.25, -0.2) is 4.68 Å². The first-order chi connectivity index (χ1) is 12.7. The molecule has 4 heterocycles. The van der Waals surface area contributed by atoms with Crippen LogP contribution in [0.4, 0.5) is 5.69 Å². The van der Waals surface area contributed by atoms with E-state index in [9.17, 15) is 4.79 Å². The van der Waals surface area contributed by atoms with Gasteiger partial charge in [0.2, 0.25) is 0 Å². The third-order valence-corrected chi connectivity index (χ3v) is 5.34. The zero-order chi connectivity index (χ0) is 17.9. The van der Waals surface area contributed by atoms with Gasteiger partial charge in [0.05, 0.1) is 37.3 Å². The van der Waals surface area contributed by atoms with Crippen LogP contribution in [0.1, 0.15) is 30.1 Å². The number of rotatable bonds is 4. The first-order valence-corrected chi connectivity index (χ1v) is 9.33. The summed E-state index contributed by atoms with van der Waals surface area (Å²) >= 11 is 0. The second-order valence-corrected chi connectivity index (χ2v) is 7.15. The number of H-pyrrole nitrogens is 1. The minimum atomic E-state index is -0.0136. The molecule has 1 atom stereocenters. The topological polar surface area (TPSA) is 79.3 Å². The summed E-state index contributed by atoms with van der Waals surface area (Å²) in [5.74, 6) is 0. The lowest BCUT2D eigenvalue weighted by Crippen LogP contribution is -2.41. The number of nitrogens with one attached hydrogen (secondary N) is 1. The molecule has 0 radical (unpaired) electrons. The number of piperidine rings is 1. The quantitative estimate of drug-likeness (QED) is 0.877. The highest BCUT2D eigenvalue weighted by molar-refractivity contribution is 5.43. The Morgan fingerprint density at radius 2 is 2.12 bits per heavy atom. The SMILES string of the molecule is Cc1[nH]ncc1CN1CCCC(n2ncc(N3CCOCC3)cc2=O)C1. The van der Waals surface area contributed by atoms with Gasteiger partial charge in [-0.2, -0.15) is 10.2 Å². The molecule has 1 N–H and O–H groups in total. The van der Waals surface area contributed by atoms with E-state index < -0.39 is 0 Å². The molecule has 0 amide bonds. The number of aromatic amines is 1. The standard InChI is InChI=1S/C18H26N6O2/c1-14-15(10-19-21-14)12-22-4-2-3-16(13-22)24-18(25)9-17(11-20-24)23-5-7-26-8-6-23/h9-11,16H,2-8,12-13H2,1H3,(H,19,21). The fraction of sp³-hybridized carbons (Fsp3) is 0.611. The van der Waals surface area contributed by atoms with Crippen molar-refractivity contribution in [1.82, 2.24) is 24.9 Å². The average Bonchev–Trinajstić information content (AvgIpc) is 3.07. The van der Waals surface area contributed by atoms with E-state index in [1.165, 1.54) is 5.56 Å². The molecule has 26 heavy (non-hydrogen) atoms. The van der Waals surface area contributed by atoms with Crippen molar-refractivity contribution in [2.75, 3.05) is 44.3 Å². The fourth-order valence-electron chi connectivity index (χ4n) is 3.83. The fourth-order valence-corrected chi connectivity index (χ4v) is 3.83. The van der Waals surface area contributed by atoms with Crippen LogP contribution in [-0.4, -0.2) is 64.3 Å². The van der Waals surface area contributed by atoms with E-state index in [0.717, 1.165) is 56.9 Å². The Morgan fingerprint density at radius 3 is 2.85 bits per heavy atom. The summed E-state index contributed by atoms with van der Waals surface area (Å²) in [6.07, 6.45) is 5.78. The first kappa shape index (κ1) is 17.2. The lowest BCUT2D eigenvalue weighted by Gasteiger charge is -2.33. The van der Waals surface area contributed by atoms with Crippen LogP contribution >= 0.6 is 0 Å². The van der Waals surface area contributed by atoms with Crippen LogP contribution < -0.4 is 10.5 Å². The van der Waals surface area contributed by atoms with Crippen LogP contribution in [0.2, 0.25) is 0 Å². The molecule has 8 heteroatoms. The molecule has 2 saturated heterocycles. The number of anilines is 1. The molecule has 2 fully saturated rings. The van der Waals surface area contributed by atoms with Crippen molar-refractivity contribution in [2.45, 2.75) is 32.4 Å². The summed E-state index contributed by atoms with van der Waals surface area (Å²) < 4.78 is 7.04. The molecule has 0 saturated carbocycles. The molecule has 2 aliphatic heterocycles. The minimum Gasteiger partial charge on any atom is -0.378 e. The van der Waals surface area contributed by atoms with Gasteiger partial charge >= 0.3 is 0 Å². The predicted molar refractivity (Wildman–Crippen MR) is 98.4 cm³/mol. The van der Waals surface area contributed by atoms with E-state index in [2.05, 4.69) is 25.1 Å². The molecule has 0 spiro atoms. The Balaban J connectivity index is 1.46. The lowest BCUT2D eigenvalue weighted by molar-refractivity contribution is 0.122. The number of hydrogen-bond acceptors (Lipinski definition) is 6. The third-order valence-electron chi connectivity index (χ3n) is 5.34. The normalized spacial score (nSPS) is 21.9. The summed E-state index contributed by atoms with van der Waals surface area (Å²) in [6.45, 7) is 7.82. The van der Waals surface area contributed by atoms with Gasteiger partial charge < -0.3 is 9.64 Å². The van der Waals surface area contributed by atoms with Crippen molar-refractivity contribution < 1.29 is 4.74 Å². The molecule has 0 aromatic carbocycles. The predicted octanol–water partition coefficient (Wildman–Crippen LogP) is 0.949. The zero-order valence-corrected chi connectivity index (χ0v) is 15.2. The van der Waals surface area contributed by atoms with Crippen molar-refractivity contribution in [3.63, 3.8) is 0 Å². The van der Waals surface area contributed by atoms with Crippen molar-refractivity contribution >= 4 is 5.69 Å². The van der Waals surface area contributed by atoms with E-state index in [4.69, 9.17) is 4.74 Å². The van der Waals surface area contributed by atoms with Crippen LogP contribution in [0.25, 0.3) is 0 Å². The van der Waals surface area contributed by atoms with Gasteiger partial charge in [-0.3, -0.25) is 14.8 Å². The highest BCUT2D eigenvalue weighted by Crippen LogP contribution is 2.22. The largest absolute Gasteiger partial charge is 0.378 e. The molecule has 4 rings (SSSR count). The molecule has 0 bridgehead atoms. The Kier molecular flexibility index (Phi) is 5.03. The number of hydrogen-bond donors (Lipinski definition) is 1. The van der Waals surface area contributed by atoms with Crippen LogP contribution in [0.3, 0.4) is 0 Å². The number of morpholine rings is 1. The van der Waals surface area contributed by atoms with Crippen LogP contribution in [0.5, 0.6) is 0 Å². The Bertz CT molecular complexity index is 795. The Morgan fingerprint density at radius 1 is 1.27 bits per heavy atom. The first-order valence-electron chi connectivity index (χ1n) is 9.33. The second-order valence-electron chi connectivity index (χ2n) is 7.15. The van der Waals surface area contributed by atoms with Crippen molar-refractivity contribution in [3.8, 4) is 0 Å².